The molecule has 0 unspecified atom stereocenters. The zero-order chi connectivity index (χ0) is 15.7. The summed E-state index contributed by atoms with van der Waals surface area (Å²) in [5, 5.41) is 4.68. The first-order valence-corrected chi connectivity index (χ1v) is 7.74. The number of benzene rings is 1. The predicted octanol–water partition coefficient (Wildman–Crippen LogP) is 2.05. The summed E-state index contributed by atoms with van der Waals surface area (Å²) < 4.78 is 0. The number of thiophene rings is 1. The van der Waals surface area contributed by atoms with Gasteiger partial charge in [-0.15, -0.1) is 11.3 Å². The van der Waals surface area contributed by atoms with Crippen molar-refractivity contribution in [2.24, 2.45) is 0 Å². The molecule has 2 heterocycles. The van der Waals surface area contributed by atoms with E-state index in [1.165, 1.54) is 11.3 Å². The van der Waals surface area contributed by atoms with Gasteiger partial charge in [-0.1, -0.05) is 18.2 Å². The van der Waals surface area contributed by atoms with Gasteiger partial charge in [0.15, 0.2) is 0 Å². The van der Waals surface area contributed by atoms with Crippen molar-refractivity contribution in [2.75, 3.05) is 0 Å². The molecule has 0 fully saturated rings. The predicted molar refractivity (Wildman–Crippen MR) is 82.6 cm³/mol. The minimum atomic E-state index is -0.840. The Labute approximate surface area is 131 Å². The van der Waals surface area contributed by atoms with Crippen LogP contribution in [0.1, 0.15) is 32.5 Å². The minimum absolute atomic E-state index is 0.345. The van der Waals surface area contributed by atoms with Crippen molar-refractivity contribution < 1.29 is 14.4 Å². The van der Waals surface area contributed by atoms with Crippen molar-refractivity contribution in [1.82, 2.24) is 10.2 Å². The van der Waals surface area contributed by atoms with E-state index in [2.05, 4.69) is 5.32 Å². The van der Waals surface area contributed by atoms with Crippen LogP contribution in [0.15, 0.2) is 41.8 Å². The summed E-state index contributed by atoms with van der Waals surface area (Å²) in [5.74, 6) is -1.18. The maximum Gasteiger partial charge on any atom is 0.262 e. The topological polar surface area (TPSA) is 66.5 Å². The van der Waals surface area contributed by atoms with Crippen LogP contribution in [-0.2, 0) is 11.3 Å². The van der Waals surface area contributed by atoms with Gasteiger partial charge in [-0.3, -0.25) is 19.3 Å². The van der Waals surface area contributed by atoms with Crippen LogP contribution in [0.3, 0.4) is 0 Å². The molecule has 0 saturated carbocycles. The Morgan fingerprint density at radius 2 is 1.77 bits per heavy atom. The third-order valence-corrected chi connectivity index (χ3v) is 4.49. The van der Waals surface area contributed by atoms with Crippen LogP contribution >= 0.6 is 11.3 Å². The summed E-state index contributed by atoms with van der Waals surface area (Å²) >= 11 is 1.54. The highest BCUT2D eigenvalue weighted by atomic mass is 32.1. The van der Waals surface area contributed by atoms with Crippen LogP contribution in [0.2, 0.25) is 0 Å². The molecule has 0 saturated heterocycles. The summed E-state index contributed by atoms with van der Waals surface area (Å²) in [4.78, 5) is 38.9. The van der Waals surface area contributed by atoms with E-state index < -0.39 is 17.9 Å². The molecule has 3 rings (SSSR count). The molecule has 1 aliphatic rings. The molecule has 1 atom stereocenters. The molecule has 1 aromatic heterocycles. The molecule has 112 valence electrons. The highest BCUT2D eigenvalue weighted by molar-refractivity contribution is 7.09. The van der Waals surface area contributed by atoms with Crippen LogP contribution in [-0.4, -0.2) is 28.7 Å². The number of rotatable bonds is 4. The first-order valence-electron chi connectivity index (χ1n) is 6.86. The molecule has 22 heavy (non-hydrogen) atoms. The molecule has 0 spiro atoms. The number of amides is 3. The Bertz CT molecular complexity index is 705. The minimum Gasteiger partial charge on any atom is -0.349 e. The lowest BCUT2D eigenvalue weighted by molar-refractivity contribution is -0.124. The Kier molecular flexibility index (Phi) is 3.77. The van der Waals surface area contributed by atoms with E-state index in [9.17, 15) is 14.4 Å². The molecule has 1 aromatic carbocycles. The molecule has 3 amide bonds. The third-order valence-electron chi connectivity index (χ3n) is 3.61. The molecule has 0 bridgehead atoms. The van der Waals surface area contributed by atoms with Crippen molar-refractivity contribution in [3.8, 4) is 0 Å². The molecule has 1 N–H and O–H groups in total. The molecular formula is C16H14N2O3S. The first kappa shape index (κ1) is 14.5. The normalized spacial score (nSPS) is 14.9. The van der Waals surface area contributed by atoms with Crippen molar-refractivity contribution in [3.63, 3.8) is 0 Å². The third kappa shape index (κ3) is 2.42. The van der Waals surface area contributed by atoms with E-state index in [0.29, 0.717) is 17.7 Å². The van der Waals surface area contributed by atoms with Crippen LogP contribution in [0.5, 0.6) is 0 Å². The van der Waals surface area contributed by atoms with Gasteiger partial charge in [0.25, 0.3) is 11.8 Å². The quantitative estimate of drug-likeness (QED) is 0.878. The summed E-state index contributed by atoms with van der Waals surface area (Å²) in [7, 11) is 0. The smallest absolute Gasteiger partial charge is 0.262 e. The SMILES string of the molecule is C[C@H](C(=O)NCc1cccs1)N1C(=O)c2ccccc2C1=O. The zero-order valence-electron chi connectivity index (χ0n) is 11.9. The van der Waals surface area contributed by atoms with E-state index in [4.69, 9.17) is 0 Å². The second-order valence-corrected chi connectivity index (χ2v) is 6.03. The Morgan fingerprint density at radius 3 is 2.32 bits per heavy atom. The highest BCUT2D eigenvalue weighted by Crippen LogP contribution is 2.24. The van der Waals surface area contributed by atoms with Crippen LogP contribution in [0.4, 0.5) is 0 Å². The van der Waals surface area contributed by atoms with Gasteiger partial charge in [-0.2, -0.15) is 0 Å². The largest absolute Gasteiger partial charge is 0.349 e. The monoisotopic (exact) mass is 314 g/mol. The van der Waals surface area contributed by atoms with E-state index in [1.807, 2.05) is 17.5 Å². The lowest BCUT2D eigenvalue weighted by Gasteiger charge is -2.21. The van der Waals surface area contributed by atoms with Gasteiger partial charge in [0, 0.05) is 4.88 Å². The summed E-state index contributed by atoms with van der Waals surface area (Å²) in [6, 6.07) is 9.59. The molecule has 5 nitrogen and oxygen atoms in total. The van der Waals surface area contributed by atoms with Gasteiger partial charge < -0.3 is 5.32 Å². The average molecular weight is 314 g/mol. The highest BCUT2D eigenvalue weighted by Gasteiger charge is 2.40. The van der Waals surface area contributed by atoms with Crippen LogP contribution in [0, 0.1) is 0 Å². The molecule has 0 aliphatic carbocycles. The number of carbonyl (C=O) groups is 3. The number of hydrogen-bond acceptors (Lipinski definition) is 4. The Hall–Kier alpha value is -2.47. The van der Waals surface area contributed by atoms with Gasteiger partial charge in [0.1, 0.15) is 6.04 Å². The van der Waals surface area contributed by atoms with Gasteiger partial charge in [0.2, 0.25) is 5.91 Å². The van der Waals surface area contributed by atoms with E-state index in [-0.39, 0.29) is 5.91 Å². The Morgan fingerprint density at radius 1 is 1.14 bits per heavy atom. The van der Waals surface area contributed by atoms with Gasteiger partial charge >= 0.3 is 0 Å². The second-order valence-electron chi connectivity index (χ2n) is 5.00. The number of imide groups is 1. The fourth-order valence-corrected chi connectivity index (χ4v) is 3.06. The standard InChI is InChI=1S/C16H14N2O3S/c1-10(14(19)17-9-11-5-4-8-22-11)18-15(20)12-6-2-3-7-13(12)16(18)21/h2-8,10H,9H2,1H3,(H,17,19)/t10-/m1/s1. The molecule has 0 radical (unpaired) electrons. The first-order chi connectivity index (χ1) is 10.6. The summed E-state index contributed by atoms with van der Waals surface area (Å²) in [5.41, 5.74) is 0.704. The number of nitrogens with one attached hydrogen (secondary N) is 1. The Balaban J connectivity index is 1.73. The van der Waals surface area contributed by atoms with Gasteiger partial charge in [0.05, 0.1) is 17.7 Å². The molecule has 1 aliphatic heterocycles. The number of nitrogens with zero attached hydrogens (tertiary/aromatic N) is 1. The lowest BCUT2D eigenvalue weighted by Crippen LogP contribution is -2.47. The van der Waals surface area contributed by atoms with Crippen molar-refractivity contribution in [2.45, 2.75) is 19.5 Å². The van der Waals surface area contributed by atoms with Crippen LogP contribution in [0.25, 0.3) is 0 Å². The zero-order valence-corrected chi connectivity index (χ0v) is 12.7. The fraction of sp³-hybridized carbons (Fsp3) is 0.188. The van der Waals surface area contributed by atoms with E-state index >= 15 is 0 Å². The summed E-state index contributed by atoms with van der Waals surface area (Å²) in [6.07, 6.45) is 0. The van der Waals surface area contributed by atoms with E-state index in [1.54, 1.807) is 31.2 Å². The van der Waals surface area contributed by atoms with Gasteiger partial charge in [-0.25, -0.2) is 0 Å². The number of hydrogen-bond donors (Lipinski definition) is 1. The second kappa shape index (κ2) is 5.73. The van der Waals surface area contributed by atoms with Gasteiger partial charge in [-0.05, 0) is 30.5 Å². The van der Waals surface area contributed by atoms with Crippen molar-refractivity contribution in [3.05, 3.63) is 57.8 Å². The number of fused-ring (bicyclic) bond motifs is 1. The molecular weight excluding hydrogens is 300 g/mol. The lowest BCUT2D eigenvalue weighted by atomic mass is 10.1. The van der Waals surface area contributed by atoms with Crippen molar-refractivity contribution >= 4 is 29.1 Å². The molecule has 6 heteroatoms. The number of carbonyl (C=O) groups excluding carboxylic acids is 3. The average Bonchev–Trinajstić information content (AvgIpc) is 3.13. The van der Waals surface area contributed by atoms with Crippen molar-refractivity contribution in [1.29, 1.82) is 0 Å². The van der Waals surface area contributed by atoms with Crippen LogP contribution < -0.4 is 5.32 Å². The maximum atomic E-state index is 12.3. The molecule has 2 aromatic rings. The van der Waals surface area contributed by atoms with E-state index in [0.717, 1.165) is 9.78 Å². The summed E-state index contributed by atoms with van der Waals surface area (Å²) in [6.45, 7) is 1.95. The maximum absolute atomic E-state index is 12.3. The fourth-order valence-electron chi connectivity index (χ4n) is 2.41.